The molecule has 20 heavy (non-hydrogen) atoms. The number of carbonyl (C=O) groups is 2. The molecule has 0 aliphatic carbocycles. The summed E-state index contributed by atoms with van der Waals surface area (Å²) in [5.41, 5.74) is 7.04. The van der Waals surface area contributed by atoms with Crippen molar-refractivity contribution in [2.75, 3.05) is 7.05 Å². The van der Waals surface area contributed by atoms with E-state index in [-0.39, 0.29) is 4.99 Å². The minimum Gasteiger partial charge on any atom is -0.481 e. The number of carbonyl (C=O) groups excluding carboxylic acids is 2. The smallest absolute Gasteiger partial charge is 0.321 e. The molecule has 0 heterocycles. The van der Waals surface area contributed by atoms with Gasteiger partial charge in [-0.15, -0.1) is 0 Å². The van der Waals surface area contributed by atoms with Crippen LogP contribution in [-0.2, 0) is 4.79 Å². The van der Waals surface area contributed by atoms with Crippen LogP contribution in [0.25, 0.3) is 0 Å². The highest BCUT2D eigenvalue weighted by atomic mass is 32.1. The lowest BCUT2D eigenvalue weighted by Gasteiger charge is -2.16. The van der Waals surface area contributed by atoms with Gasteiger partial charge in [-0.2, -0.15) is 0 Å². The number of urea groups is 1. The summed E-state index contributed by atoms with van der Waals surface area (Å²) >= 11 is 4.89. The van der Waals surface area contributed by atoms with Crippen LogP contribution in [0.4, 0.5) is 4.79 Å². The Morgan fingerprint density at radius 1 is 1.40 bits per heavy atom. The number of ether oxygens (including phenoxy) is 1. The molecule has 4 N–H and O–H groups in total. The van der Waals surface area contributed by atoms with Crippen LogP contribution in [-0.4, -0.2) is 30.1 Å². The fraction of sp³-hybridized carbons (Fsp3) is 0.308. The third kappa shape index (κ3) is 4.20. The Labute approximate surface area is 122 Å². The normalized spacial score (nSPS) is 11.3. The topological polar surface area (TPSA) is 93.5 Å². The van der Waals surface area contributed by atoms with Gasteiger partial charge in [0.1, 0.15) is 10.7 Å². The number of rotatable bonds is 4. The SMILES string of the molecule is CNC(=O)NC(=O)C(C)Oc1cc(C(N)=S)ccc1C. The number of thiocarbonyl (C=S) groups is 1. The van der Waals surface area contributed by atoms with Crippen molar-refractivity contribution in [3.05, 3.63) is 29.3 Å². The zero-order chi connectivity index (χ0) is 15.3. The first-order valence-corrected chi connectivity index (χ1v) is 6.35. The van der Waals surface area contributed by atoms with Crippen LogP contribution < -0.4 is 21.1 Å². The van der Waals surface area contributed by atoms with E-state index in [9.17, 15) is 9.59 Å². The van der Waals surface area contributed by atoms with Crippen LogP contribution >= 0.6 is 12.2 Å². The summed E-state index contributed by atoms with van der Waals surface area (Å²) in [5, 5.41) is 4.43. The Kier molecular flexibility index (Phi) is 5.45. The predicted octanol–water partition coefficient (Wildman–Crippen LogP) is 0.852. The molecule has 7 heteroatoms. The molecule has 1 atom stereocenters. The van der Waals surface area contributed by atoms with Gasteiger partial charge in [0.05, 0.1) is 0 Å². The second-order valence-corrected chi connectivity index (χ2v) is 4.61. The minimum absolute atomic E-state index is 0.248. The van der Waals surface area contributed by atoms with Crippen LogP contribution in [0.15, 0.2) is 18.2 Å². The second kappa shape index (κ2) is 6.85. The van der Waals surface area contributed by atoms with Crippen LogP contribution in [0.2, 0.25) is 0 Å². The molecule has 0 aliphatic heterocycles. The Morgan fingerprint density at radius 2 is 2.05 bits per heavy atom. The van der Waals surface area contributed by atoms with Crippen molar-refractivity contribution in [1.82, 2.24) is 10.6 Å². The summed E-state index contributed by atoms with van der Waals surface area (Å²) in [4.78, 5) is 23.0. The van der Waals surface area contributed by atoms with Gasteiger partial charge in [-0.05, 0) is 25.5 Å². The van der Waals surface area contributed by atoms with Crippen molar-refractivity contribution in [1.29, 1.82) is 0 Å². The van der Waals surface area contributed by atoms with E-state index in [1.807, 2.05) is 6.92 Å². The number of nitrogens with one attached hydrogen (secondary N) is 2. The lowest BCUT2D eigenvalue weighted by molar-refractivity contribution is -0.126. The number of amides is 3. The first kappa shape index (κ1) is 15.9. The highest BCUT2D eigenvalue weighted by molar-refractivity contribution is 7.80. The summed E-state index contributed by atoms with van der Waals surface area (Å²) in [7, 11) is 1.42. The highest BCUT2D eigenvalue weighted by Crippen LogP contribution is 2.21. The Balaban J connectivity index is 2.82. The van der Waals surface area contributed by atoms with Gasteiger partial charge < -0.3 is 15.8 Å². The van der Waals surface area contributed by atoms with Crippen molar-refractivity contribution in [3.63, 3.8) is 0 Å². The van der Waals surface area contributed by atoms with E-state index in [4.69, 9.17) is 22.7 Å². The summed E-state index contributed by atoms with van der Waals surface area (Å²) in [6.45, 7) is 3.38. The summed E-state index contributed by atoms with van der Waals surface area (Å²) in [5.74, 6) is -0.0423. The molecule has 1 unspecified atom stereocenters. The largest absolute Gasteiger partial charge is 0.481 e. The number of nitrogens with two attached hydrogens (primary N) is 1. The first-order valence-electron chi connectivity index (χ1n) is 5.94. The third-order valence-electron chi connectivity index (χ3n) is 2.61. The lowest BCUT2D eigenvalue weighted by Crippen LogP contribution is -2.44. The fourth-order valence-electron chi connectivity index (χ4n) is 1.40. The number of imide groups is 1. The van der Waals surface area contributed by atoms with E-state index in [0.29, 0.717) is 11.3 Å². The molecule has 1 aromatic carbocycles. The molecule has 0 spiro atoms. The molecule has 0 fully saturated rings. The molecule has 0 bridgehead atoms. The van der Waals surface area contributed by atoms with Gasteiger partial charge in [-0.3, -0.25) is 10.1 Å². The molecule has 0 saturated heterocycles. The number of hydrogen-bond donors (Lipinski definition) is 3. The summed E-state index contributed by atoms with van der Waals surface area (Å²) < 4.78 is 5.54. The predicted molar refractivity (Wildman–Crippen MR) is 79.8 cm³/mol. The van der Waals surface area contributed by atoms with E-state index < -0.39 is 18.0 Å². The molecule has 0 radical (unpaired) electrons. The highest BCUT2D eigenvalue weighted by Gasteiger charge is 2.18. The van der Waals surface area contributed by atoms with Crippen molar-refractivity contribution in [3.8, 4) is 5.75 Å². The molecule has 3 amide bonds. The van der Waals surface area contributed by atoms with Crippen LogP contribution in [0.1, 0.15) is 18.1 Å². The third-order valence-corrected chi connectivity index (χ3v) is 2.85. The van der Waals surface area contributed by atoms with Gasteiger partial charge in [-0.1, -0.05) is 24.4 Å². The maximum absolute atomic E-state index is 11.7. The van der Waals surface area contributed by atoms with Crippen LogP contribution in [0, 0.1) is 6.92 Å². The maximum Gasteiger partial charge on any atom is 0.321 e. The van der Waals surface area contributed by atoms with E-state index in [1.165, 1.54) is 7.05 Å². The Hall–Kier alpha value is -2.15. The number of hydrogen-bond acceptors (Lipinski definition) is 4. The molecule has 1 rings (SSSR count). The van der Waals surface area contributed by atoms with Crippen molar-refractivity contribution < 1.29 is 14.3 Å². The van der Waals surface area contributed by atoms with Crippen molar-refractivity contribution in [2.24, 2.45) is 5.73 Å². The number of benzene rings is 1. The van der Waals surface area contributed by atoms with Gasteiger partial charge in [-0.25, -0.2) is 4.79 Å². The standard InChI is InChI=1S/C13H17N3O3S/c1-7-4-5-9(11(14)20)6-10(7)19-8(2)12(17)16-13(18)15-3/h4-6,8H,1-3H3,(H2,14,20)(H2,15,16,17,18). The minimum atomic E-state index is -0.826. The molecule has 6 nitrogen and oxygen atoms in total. The van der Waals surface area contributed by atoms with E-state index in [2.05, 4.69) is 10.6 Å². The van der Waals surface area contributed by atoms with Gasteiger partial charge >= 0.3 is 6.03 Å². The molecule has 0 aliphatic rings. The lowest BCUT2D eigenvalue weighted by atomic mass is 10.1. The zero-order valence-corrected chi connectivity index (χ0v) is 12.3. The maximum atomic E-state index is 11.7. The van der Waals surface area contributed by atoms with Crippen molar-refractivity contribution in [2.45, 2.75) is 20.0 Å². The first-order chi connectivity index (χ1) is 9.35. The molecule has 0 saturated carbocycles. The van der Waals surface area contributed by atoms with Crippen LogP contribution in [0.3, 0.4) is 0 Å². The monoisotopic (exact) mass is 295 g/mol. The van der Waals surface area contributed by atoms with Crippen LogP contribution in [0.5, 0.6) is 5.75 Å². The van der Waals surface area contributed by atoms with Gasteiger partial charge in [0.2, 0.25) is 0 Å². The van der Waals surface area contributed by atoms with E-state index in [1.54, 1.807) is 25.1 Å². The molecule has 0 aromatic heterocycles. The number of aryl methyl sites for hydroxylation is 1. The fourth-order valence-corrected chi connectivity index (χ4v) is 1.53. The Morgan fingerprint density at radius 3 is 2.60 bits per heavy atom. The van der Waals surface area contributed by atoms with E-state index in [0.717, 1.165) is 5.56 Å². The summed E-state index contributed by atoms with van der Waals surface area (Å²) in [6, 6.07) is 4.66. The van der Waals surface area contributed by atoms with Gasteiger partial charge in [0.15, 0.2) is 6.10 Å². The van der Waals surface area contributed by atoms with Gasteiger partial charge in [0.25, 0.3) is 5.91 Å². The average molecular weight is 295 g/mol. The molecular weight excluding hydrogens is 278 g/mol. The van der Waals surface area contributed by atoms with Gasteiger partial charge in [0, 0.05) is 12.6 Å². The summed E-state index contributed by atoms with van der Waals surface area (Å²) in [6.07, 6.45) is -0.826. The average Bonchev–Trinajstić information content (AvgIpc) is 2.40. The van der Waals surface area contributed by atoms with Crippen molar-refractivity contribution >= 4 is 29.1 Å². The van der Waals surface area contributed by atoms with E-state index >= 15 is 0 Å². The molecule has 108 valence electrons. The Bertz CT molecular complexity index is 546. The molecular formula is C13H17N3O3S. The quantitative estimate of drug-likeness (QED) is 0.716. The zero-order valence-electron chi connectivity index (χ0n) is 11.5. The molecule has 1 aromatic rings. The second-order valence-electron chi connectivity index (χ2n) is 4.17.